The minimum Gasteiger partial charge on any atom is -0.480 e. The van der Waals surface area contributed by atoms with Crippen LogP contribution in [0.25, 0.3) is 6.08 Å². The van der Waals surface area contributed by atoms with Crippen LogP contribution >= 0.6 is 0 Å². The second-order valence-electron chi connectivity index (χ2n) is 4.91. The van der Waals surface area contributed by atoms with Gasteiger partial charge in [-0.25, -0.2) is 4.79 Å². The first-order valence-corrected chi connectivity index (χ1v) is 6.84. The lowest BCUT2D eigenvalue weighted by molar-refractivity contribution is -0.156. The van der Waals surface area contributed by atoms with Crippen molar-refractivity contribution in [2.45, 2.75) is 6.04 Å². The Bertz CT molecular complexity index is 626. The van der Waals surface area contributed by atoms with Gasteiger partial charge in [-0.2, -0.15) is 0 Å². The monoisotopic (exact) mass is 305 g/mol. The van der Waals surface area contributed by atoms with Gasteiger partial charge in [0.15, 0.2) is 17.5 Å². The molecule has 1 N–H and O–H groups in total. The number of aliphatic carboxylic acids is 1. The molecule has 3 rings (SSSR count). The Morgan fingerprint density at radius 2 is 2.09 bits per heavy atom. The second-order valence-corrected chi connectivity index (χ2v) is 4.91. The van der Waals surface area contributed by atoms with Gasteiger partial charge in [-0.15, -0.1) is 0 Å². The molecule has 7 nitrogen and oxygen atoms in total. The number of rotatable bonds is 3. The molecular weight excluding hydrogens is 290 g/mol. The van der Waals surface area contributed by atoms with E-state index in [0.717, 1.165) is 5.56 Å². The third-order valence-corrected chi connectivity index (χ3v) is 3.51. The predicted molar refractivity (Wildman–Crippen MR) is 75.6 cm³/mol. The summed E-state index contributed by atoms with van der Waals surface area (Å²) in [5, 5.41) is 9.12. The first-order chi connectivity index (χ1) is 10.6. The minimum absolute atomic E-state index is 0.0128. The van der Waals surface area contributed by atoms with E-state index in [0.29, 0.717) is 18.1 Å². The average molecular weight is 305 g/mol. The highest BCUT2D eigenvalue weighted by Gasteiger charge is 2.31. The summed E-state index contributed by atoms with van der Waals surface area (Å²) in [4.78, 5) is 24.6. The van der Waals surface area contributed by atoms with Crippen LogP contribution in [-0.4, -0.2) is 54.5 Å². The van der Waals surface area contributed by atoms with E-state index in [1.165, 1.54) is 11.0 Å². The van der Waals surface area contributed by atoms with E-state index < -0.39 is 12.0 Å². The molecule has 1 saturated heterocycles. The van der Waals surface area contributed by atoms with Gasteiger partial charge in [-0.3, -0.25) is 4.79 Å². The van der Waals surface area contributed by atoms with Crippen molar-refractivity contribution >= 4 is 18.0 Å². The molecule has 2 aliphatic heterocycles. The molecule has 2 aliphatic rings. The van der Waals surface area contributed by atoms with Crippen molar-refractivity contribution in [2.75, 3.05) is 26.6 Å². The maximum Gasteiger partial charge on any atom is 0.328 e. The summed E-state index contributed by atoms with van der Waals surface area (Å²) in [5.74, 6) is -0.120. The van der Waals surface area contributed by atoms with E-state index in [2.05, 4.69) is 0 Å². The number of carboxylic acid groups (broad SMARTS) is 1. The van der Waals surface area contributed by atoms with E-state index in [1.807, 2.05) is 0 Å². The smallest absolute Gasteiger partial charge is 0.328 e. The van der Waals surface area contributed by atoms with Crippen molar-refractivity contribution in [1.82, 2.24) is 4.90 Å². The maximum atomic E-state index is 12.2. The first kappa shape index (κ1) is 14.4. The number of hydrogen-bond acceptors (Lipinski definition) is 5. The molecule has 0 bridgehead atoms. The highest BCUT2D eigenvalue weighted by molar-refractivity contribution is 5.94. The van der Waals surface area contributed by atoms with Gasteiger partial charge in [0.05, 0.1) is 13.2 Å². The van der Waals surface area contributed by atoms with Crippen LogP contribution in [-0.2, 0) is 14.3 Å². The van der Waals surface area contributed by atoms with Crippen molar-refractivity contribution in [3.8, 4) is 11.5 Å². The van der Waals surface area contributed by atoms with Gasteiger partial charge in [0, 0.05) is 12.6 Å². The summed E-state index contributed by atoms with van der Waals surface area (Å²) >= 11 is 0. The number of amides is 1. The molecule has 116 valence electrons. The van der Waals surface area contributed by atoms with Crippen molar-refractivity contribution < 1.29 is 28.9 Å². The zero-order valence-electron chi connectivity index (χ0n) is 11.7. The number of fused-ring (bicyclic) bond motifs is 1. The van der Waals surface area contributed by atoms with Gasteiger partial charge in [-0.1, -0.05) is 6.07 Å². The molecule has 1 aromatic carbocycles. The van der Waals surface area contributed by atoms with Crippen LogP contribution in [0.15, 0.2) is 24.3 Å². The number of nitrogens with zero attached hydrogens (tertiary/aromatic N) is 1. The number of carboxylic acids is 1. The Morgan fingerprint density at radius 1 is 1.27 bits per heavy atom. The van der Waals surface area contributed by atoms with E-state index in [4.69, 9.17) is 19.3 Å². The van der Waals surface area contributed by atoms with Crippen molar-refractivity contribution in [2.24, 2.45) is 0 Å². The van der Waals surface area contributed by atoms with Crippen molar-refractivity contribution in [1.29, 1.82) is 0 Å². The number of carbonyl (C=O) groups excluding carboxylic acids is 1. The standard InChI is InChI=1S/C15H15NO6/c17-14(16-5-6-20-8-11(16)15(18)19)4-2-10-1-3-12-13(7-10)22-9-21-12/h1-4,7,11H,5-6,8-9H2,(H,18,19)/b4-2+. The molecule has 0 aromatic heterocycles. The van der Waals surface area contributed by atoms with Crippen molar-refractivity contribution in [3.63, 3.8) is 0 Å². The summed E-state index contributed by atoms with van der Waals surface area (Å²) in [6, 6.07) is 4.38. The van der Waals surface area contributed by atoms with Crippen molar-refractivity contribution in [3.05, 3.63) is 29.8 Å². The zero-order chi connectivity index (χ0) is 15.5. The largest absolute Gasteiger partial charge is 0.480 e. The molecule has 1 fully saturated rings. The average Bonchev–Trinajstić information content (AvgIpc) is 3.00. The number of carbonyl (C=O) groups is 2. The molecular formula is C15H15NO6. The number of benzene rings is 1. The van der Waals surface area contributed by atoms with Crippen LogP contribution < -0.4 is 9.47 Å². The molecule has 2 heterocycles. The van der Waals surface area contributed by atoms with E-state index in [9.17, 15) is 9.59 Å². The summed E-state index contributed by atoms with van der Waals surface area (Å²) in [6.07, 6.45) is 2.98. The maximum absolute atomic E-state index is 12.2. The van der Waals surface area contributed by atoms with Gasteiger partial charge in [0.2, 0.25) is 12.7 Å². The van der Waals surface area contributed by atoms with Crippen LogP contribution in [0.2, 0.25) is 0 Å². The quantitative estimate of drug-likeness (QED) is 0.829. The molecule has 1 unspecified atom stereocenters. The topological polar surface area (TPSA) is 85.3 Å². The van der Waals surface area contributed by atoms with E-state index >= 15 is 0 Å². The molecule has 0 aliphatic carbocycles. The summed E-state index contributed by atoms with van der Waals surface area (Å²) in [7, 11) is 0. The fourth-order valence-corrected chi connectivity index (χ4v) is 2.35. The molecule has 1 atom stereocenters. The van der Waals surface area contributed by atoms with Crippen LogP contribution in [0, 0.1) is 0 Å². The highest BCUT2D eigenvalue weighted by Crippen LogP contribution is 2.32. The normalized spacial score (nSPS) is 20.4. The first-order valence-electron chi connectivity index (χ1n) is 6.84. The summed E-state index contributed by atoms with van der Waals surface area (Å²) in [6.45, 7) is 0.809. The van der Waals surface area contributed by atoms with Gasteiger partial charge in [-0.05, 0) is 23.8 Å². The zero-order valence-corrected chi connectivity index (χ0v) is 11.7. The van der Waals surface area contributed by atoms with Crippen LogP contribution in [0.4, 0.5) is 0 Å². The van der Waals surface area contributed by atoms with E-state index in [-0.39, 0.29) is 25.9 Å². The Labute approximate surface area is 126 Å². The fourth-order valence-electron chi connectivity index (χ4n) is 2.35. The Kier molecular flexibility index (Phi) is 3.97. The highest BCUT2D eigenvalue weighted by atomic mass is 16.7. The summed E-state index contributed by atoms with van der Waals surface area (Å²) in [5.41, 5.74) is 0.776. The molecule has 0 radical (unpaired) electrons. The number of morpholine rings is 1. The lowest BCUT2D eigenvalue weighted by Crippen LogP contribution is -2.52. The van der Waals surface area contributed by atoms with Gasteiger partial charge < -0.3 is 24.2 Å². The third kappa shape index (κ3) is 2.89. The van der Waals surface area contributed by atoms with Gasteiger partial charge in [0.25, 0.3) is 0 Å². The Morgan fingerprint density at radius 3 is 2.91 bits per heavy atom. The molecule has 0 saturated carbocycles. The molecule has 22 heavy (non-hydrogen) atoms. The van der Waals surface area contributed by atoms with Gasteiger partial charge in [0.1, 0.15) is 0 Å². The fraction of sp³-hybridized carbons (Fsp3) is 0.333. The Balaban J connectivity index is 1.71. The lowest BCUT2D eigenvalue weighted by Gasteiger charge is -2.31. The minimum atomic E-state index is -1.07. The molecule has 1 aromatic rings. The molecule has 0 spiro atoms. The number of ether oxygens (including phenoxy) is 3. The molecule has 1 amide bonds. The van der Waals surface area contributed by atoms with Gasteiger partial charge >= 0.3 is 5.97 Å². The molecule has 7 heteroatoms. The lowest BCUT2D eigenvalue weighted by atomic mass is 10.1. The SMILES string of the molecule is O=C(O)C1COCCN1C(=O)/C=C/c1ccc2c(c1)OCO2. The van der Waals surface area contributed by atoms with Crippen LogP contribution in [0.3, 0.4) is 0 Å². The van der Waals surface area contributed by atoms with Crippen LogP contribution in [0.1, 0.15) is 5.56 Å². The number of hydrogen-bond donors (Lipinski definition) is 1. The van der Waals surface area contributed by atoms with Crippen LogP contribution in [0.5, 0.6) is 11.5 Å². The van der Waals surface area contributed by atoms with E-state index in [1.54, 1.807) is 24.3 Å². The second kappa shape index (κ2) is 6.07. The summed E-state index contributed by atoms with van der Waals surface area (Å²) < 4.78 is 15.6. The Hall–Kier alpha value is -2.54. The predicted octanol–water partition coefficient (Wildman–Crippen LogP) is 0.740. The third-order valence-electron chi connectivity index (χ3n) is 3.51.